The number of benzene rings is 2. The van der Waals surface area contributed by atoms with Gasteiger partial charge in [0, 0.05) is 5.39 Å². The van der Waals surface area contributed by atoms with E-state index < -0.39 is 63.9 Å². The zero-order valence-corrected chi connectivity index (χ0v) is 13.0. The standard InChI is InChI=1S/C12H8O10S2.4Li.4H/c13-11(14)7-5-3-1-2-4-6(5)9(23(17,18)19)10(24(20,21)22)8(7)12(15)16;;;;;;;;/h1-4H,(H,13,14)(H,15,16)(H,17,18,19)(H,20,21,22);;;;;;;;. The van der Waals surface area contributed by atoms with Crippen LogP contribution in [-0.4, -0.2) is 124 Å². The van der Waals surface area contributed by atoms with Crippen LogP contribution in [-0.2, 0) is 20.2 Å². The molecule has 10 nitrogen and oxygen atoms in total. The van der Waals surface area contributed by atoms with Crippen molar-refractivity contribution in [2.24, 2.45) is 0 Å². The van der Waals surface area contributed by atoms with Crippen LogP contribution >= 0.6 is 0 Å². The van der Waals surface area contributed by atoms with Gasteiger partial charge in [0.05, 0.1) is 11.1 Å². The summed E-state index contributed by atoms with van der Waals surface area (Å²) < 4.78 is 64.9. The van der Waals surface area contributed by atoms with E-state index in [1.165, 1.54) is 12.1 Å². The third-order valence-electron chi connectivity index (χ3n) is 3.07. The van der Waals surface area contributed by atoms with Gasteiger partial charge in [-0.15, -0.1) is 0 Å². The second-order valence-corrected chi connectivity index (χ2v) is 7.23. The minimum atomic E-state index is -5.52. The number of hydrogen-bond acceptors (Lipinski definition) is 6. The normalized spacial score (nSPS) is 10.5. The van der Waals surface area contributed by atoms with Gasteiger partial charge in [-0.25, -0.2) is 9.59 Å². The fourth-order valence-electron chi connectivity index (χ4n) is 2.31. The molecule has 0 aromatic heterocycles. The molecular weight excluding hydrogens is 396 g/mol. The first kappa shape index (κ1) is 32.5. The molecule has 0 radical (unpaired) electrons. The molecule has 0 amide bonds. The molecule has 28 heavy (non-hydrogen) atoms. The zero-order valence-electron chi connectivity index (χ0n) is 11.4. The number of carboxylic acid groups (broad SMARTS) is 2. The molecule has 0 heterocycles. The summed E-state index contributed by atoms with van der Waals surface area (Å²) in [6, 6.07) is 4.46. The Morgan fingerprint density at radius 3 is 1.32 bits per heavy atom. The molecule has 0 unspecified atom stereocenters. The van der Waals surface area contributed by atoms with E-state index in [2.05, 4.69) is 0 Å². The van der Waals surface area contributed by atoms with Gasteiger partial charge in [-0.3, -0.25) is 9.11 Å². The Balaban J connectivity index is -0.00000156. The van der Waals surface area contributed by atoms with Crippen LogP contribution in [0.3, 0.4) is 0 Å². The van der Waals surface area contributed by atoms with Gasteiger partial charge in [0.25, 0.3) is 20.2 Å². The van der Waals surface area contributed by atoms with E-state index in [0.29, 0.717) is 0 Å². The Morgan fingerprint density at radius 2 is 1.00 bits per heavy atom. The van der Waals surface area contributed by atoms with Gasteiger partial charge in [0.2, 0.25) is 0 Å². The SMILES string of the molecule is O=C(O)c1c(S(=O)(=O)O)c(S(=O)(=O)O)c2ccccc2c1C(=O)O.[LiH].[LiH].[LiH].[LiH]. The first-order chi connectivity index (χ1) is 10.9. The molecule has 2 rings (SSSR count). The molecule has 0 saturated heterocycles. The average Bonchev–Trinajstić information content (AvgIpc) is 2.41. The van der Waals surface area contributed by atoms with Crippen molar-refractivity contribution in [1.29, 1.82) is 0 Å². The molecule has 2 aromatic carbocycles. The molecular formula is C12H12Li4O10S2. The van der Waals surface area contributed by atoms with Crippen molar-refractivity contribution in [3.8, 4) is 0 Å². The summed E-state index contributed by atoms with van der Waals surface area (Å²) >= 11 is 0. The van der Waals surface area contributed by atoms with Gasteiger partial charge in [-0.2, -0.15) is 16.8 Å². The first-order valence-electron chi connectivity index (χ1n) is 5.87. The van der Waals surface area contributed by atoms with Crippen LogP contribution < -0.4 is 0 Å². The molecule has 136 valence electrons. The Bertz CT molecular complexity index is 1110. The number of aromatic carboxylic acids is 2. The Labute approximate surface area is 207 Å². The summed E-state index contributed by atoms with van der Waals surface area (Å²) in [5.41, 5.74) is -2.52. The fraction of sp³-hybridized carbons (Fsp3) is 0. The van der Waals surface area contributed by atoms with Gasteiger partial charge in [-0.05, 0) is 5.39 Å². The molecule has 2 aromatic rings. The van der Waals surface area contributed by atoms with Gasteiger partial charge >= 0.3 is 87.4 Å². The number of rotatable bonds is 4. The van der Waals surface area contributed by atoms with E-state index in [-0.39, 0.29) is 75.4 Å². The quantitative estimate of drug-likeness (QED) is 0.330. The van der Waals surface area contributed by atoms with E-state index in [9.17, 15) is 45.7 Å². The van der Waals surface area contributed by atoms with E-state index in [4.69, 9.17) is 0 Å². The van der Waals surface area contributed by atoms with Crippen molar-refractivity contribution in [2.45, 2.75) is 9.79 Å². The predicted molar refractivity (Wildman–Crippen MR) is 106 cm³/mol. The molecule has 0 bridgehead atoms. The van der Waals surface area contributed by atoms with Crippen LogP contribution in [0, 0.1) is 0 Å². The maximum absolute atomic E-state index is 11.6. The number of hydrogen-bond donors (Lipinski definition) is 4. The topological polar surface area (TPSA) is 183 Å². The minimum absolute atomic E-state index is 0. The van der Waals surface area contributed by atoms with E-state index in [1.54, 1.807) is 0 Å². The molecule has 0 spiro atoms. The van der Waals surface area contributed by atoms with E-state index in [0.717, 1.165) is 12.1 Å². The van der Waals surface area contributed by atoms with Gasteiger partial charge in [0.15, 0.2) is 0 Å². The van der Waals surface area contributed by atoms with Crippen molar-refractivity contribution < 1.29 is 45.7 Å². The maximum atomic E-state index is 11.6. The van der Waals surface area contributed by atoms with Crippen molar-refractivity contribution in [1.82, 2.24) is 0 Å². The van der Waals surface area contributed by atoms with Crippen LogP contribution in [0.15, 0.2) is 34.1 Å². The van der Waals surface area contributed by atoms with Crippen molar-refractivity contribution in [3.63, 3.8) is 0 Å². The van der Waals surface area contributed by atoms with Crippen LogP contribution in [0.1, 0.15) is 20.7 Å². The van der Waals surface area contributed by atoms with Gasteiger partial charge in [0.1, 0.15) is 9.79 Å². The summed E-state index contributed by atoms with van der Waals surface area (Å²) in [6.45, 7) is 0. The average molecular weight is 408 g/mol. The van der Waals surface area contributed by atoms with Crippen molar-refractivity contribution >= 4 is 118 Å². The summed E-state index contributed by atoms with van der Waals surface area (Å²) in [6.07, 6.45) is 0. The number of carbonyl (C=O) groups is 2. The van der Waals surface area contributed by atoms with Crippen LogP contribution in [0.2, 0.25) is 0 Å². The molecule has 0 fully saturated rings. The summed E-state index contributed by atoms with van der Waals surface area (Å²) in [7, 11) is -10.9. The van der Waals surface area contributed by atoms with Crippen molar-refractivity contribution in [3.05, 3.63) is 35.4 Å². The van der Waals surface area contributed by atoms with Crippen LogP contribution in [0.25, 0.3) is 10.8 Å². The van der Waals surface area contributed by atoms with Crippen LogP contribution in [0.5, 0.6) is 0 Å². The third-order valence-corrected chi connectivity index (χ3v) is 5.06. The second kappa shape index (κ2) is 11.3. The summed E-state index contributed by atoms with van der Waals surface area (Å²) in [4.78, 5) is 19.7. The Morgan fingerprint density at radius 1 is 0.643 bits per heavy atom. The molecule has 0 atom stereocenters. The molecule has 0 aliphatic rings. The van der Waals surface area contributed by atoms with Crippen molar-refractivity contribution in [2.75, 3.05) is 0 Å². The Kier molecular flexibility index (Phi) is 13.1. The first-order valence-corrected chi connectivity index (χ1v) is 8.75. The Hall–Kier alpha value is -0.150. The summed E-state index contributed by atoms with van der Waals surface area (Å²) in [5.74, 6) is -3.98. The van der Waals surface area contributed by atoms with Gasteiger partial charge < -0.3 is 10.2 Å². The summed E-state index contributed by atoms with van der Waals surface area (Å²) in [5, 5.41) is 17.4. The molecule has 0 aliphatic heterocycles. The van der Waals surface area contributed by atoms with E-state index >= 15 is 0 Å². The third kappa shape index (κ3) is 6.17. The zero-order chi connectivity index (χ0) is 18.4. The predicted octanol–water partition coefficient (Wildman–Crippen LogP) is -1.86. The van der Waals surface area contributed by atoms with Crippen LogP contribution in [0.4, 0.5) is 0 Å². The number of fused-ring (bicyclic) bond motifs is 1. The molecule has 16 heteroatoms. The fourth-order valence-corrected chi connectivity index (χ4v) is 4.53. The van der Waals surface area contributed by atoms with Gasteiger partial charge in [-0.1, -0.05) is 24.3 Å². The number of carboxylic acids is 2. The molecule has 0 aliphatic carbocycles. The van der Waals surface area contributed by atoms with E-state index in [1.807, 2.05) is 0 Å². The monoisotopic (exact) mass is 408 g/mol. The molecule has 4 N–H and O–H groups in total. The second-order valence-electron chi connectivity index (χ2n) is 4.51. The molecule has 0 saturated carbocycles.